The van der Waals surface area contributed by atoms with Gasteiger partial charge in [0.2, 0.25) is 0 Å². The second-order valence-electron chi connectivity index (χ2n) is 6.05. The van der Waals surface area contributed by atoms with Crippen LogP contribution in [0.2, 0.25) is 0 Å². The van der Waals surface area contributed by atoms with E-state index in [0.717, 1.165) is 11.1 Å². The summed E-state index contributed by atoms with van der Waals surface area (Å²) in [6.07, 6.45) is 0. The normalized spacial score (nSPS) is 11.4. The lowest BCUT2D eigenvalue weighted by Crippen LogP contribution is -2.38. The van der Waals surface area contributed by atoms with Gasteiger partial charge in [-0.05, 0) is 42.3 Å². The third kappa shape index (κ3) is 6.29. The van der Waals surface area contributed by atoms with E-state index in [-0.39, 0.29) is 11.5 Å². The van der Waals surface area contributed by atoms with Crippen LogP contribution in [-0.4, -0.2) is 43.3 Å². The average molecular weight is 393 g/mol. The number of phenols is 1. The summed E-state index contributed by atoms with van der Waals surface area (Å²) in [5.74, 6) is 1.29. The molecule has 2 N–H and O–H groups in total. The molecular weight excluding hydrogens is 368 g/mol. The van der Waals surface area contributed by atoms with Crippen molar-refractivity contribution in [2.24, 2.45) is 4.99 Å². The molecule has 0 atom stereocenters. The molecule has 0 aliphatic carbocycles. The number of nitrogens with zero attached hydrogens (tertiary/aromatic N) is 2. The van der Waals surface area contributed by atoms with Crippen LogP contribution in [0, 0.1) is 0 Å². The molecule has 0 aliphatic rings. The fourth-order valence-corrected chi connectivity index (χ4v) is 2.59. The number of rotatable bonds is 8. The topological polar surface area (TPSA) is 66.3 Å². The molecular formula is C20H25F2N3O3. The number of phenolic OH excluding ortho intramolecular Hbond substituents is 1. The average Bonchev–Trinajstić information content (AvgIpc) is 2.66. The first kappa shape index (κ1) is 21.3. The highest BCUT2D eigenvalue weighted by atomic mass is 19.3. The van der Waals surface area contributed by atoms with E-state index in [0.29, 0.717) is 31.3 Å². The molecule has 0 heterocycles. The number of benzene rings is 2. The van der Waals surface area contributed by atoms with Crippen molar-refractivity contribution in [1.82, 2.24) is 10.2 Å². The van der Waals surface area contributed by atoms with Crippen molar-refractivity contribution in [3.05, 3.63) is 53.6 Å². The van der Waals surface area contributed by atoms with E-state index < -0.39 is 6.61 Å². The highest BCUT2D eigenvalue weighted by Crippen LogP contribution is 2.26. The number of guanidine groups is 1. The number of halogens is 2. The van der Waals surface area contributed by atoms with Crippen LogP contribution in [0.25, 0.3) is 0 Å². The Labute approximate surface area is 163 Å². The summed E-state index contributed by atoms with van der Waals surface area (Å²) < 4.78 is 33.9. The summed E-state index contributed by atoms with van der Waals surface area (Å²) >= 11 is 0. The molecule has 0 fully saturated rings. The first-order chi connectivity index (χ1) is 13.4. The van der Waals surface area contributed by atoms with Crippen molar-refractivity contribution < 1.29 is 23.4 Å². The van der Waals surface area contributed by atoms with E-state index in [4.69, 9.17) is 4.74 Å². The first-order valence-electron chi connectivity index (χ1n) is 8.82. The Bertz CT molecular complexity index is 783. The molecule has 0 aromatic heterocycles. The lowest BCUT2D eigenvalue weighted by molar-refractivity contribution is -0.0498. The molecule has 0 saturated heterocycles. The van der Waals surface area contributed by atoms with Crippen LogP contribution in [0.15, 0.2) is 47.5 Å². The zero-order valence-electron chi connectivity index (χ0n) is 16.2. The van der Waals surface area contributed by atoms with Gasteiger partial charge in [-0.15, -0.1) is 0 Å². The van der Waals surface area contributed by atoms with E-state index in [2.05, 4.69) is 15.0 Å². The largest absolute Gasteiger partial charge is 0.504 e. The standard InChI is InChI=1S/C20H25F2N3O3/c1-4-23-20(24-12-15-7-10-18(27-3)17(26)11-15)25(2)13-14-5-8-16(9-6-14)28-19(21)22/h5-11,19,26H,4,12-13H2,1-3H3,(H,23,24). The third-order valence-corrected chi connectivity index (χ3v) is 3.92. The smallest absolute Gasteiger partial charge is 0.387 e. The molecule has 2 aromatic rings. The molecule has 0 radical (unpaired) electrons. The highest BCUT2D eigenvalue weighted by Gasteiger charge is 2.09. The second kappa shape index (κ2) is 10.3. The van der Waals surface area contributed by atoms with Crippen molar-refractivity contribution in [3.63, 3.8) is 0 Å². The number of aromatic hydroxyl groups is 1. The van der Waals surface area contributed by atoms with E-state index in [9.17, 15) is 13.9 Å². The SMILES string of the molecule is CCNC(=NCc1ccc(OC)c(O)c1)N(C)Cc1ccc(OC(F)F)cc1. The van der Waals surface area contributed by atoms with Crippen molar-refractivity contribution in [2.75, 3.05) is 20.7 Å². The molecule has 2 rings (SSSR count). The van der Waals surface area contributed by atoms with Gasteiger partial charge in [0.15, 0.2) is 17.5 Å². The second-order valence-corrected chi connectivity index (χ2v) is 6.05. The van der Waals surface area contributed by atoms with Crippen molar-refractivity contribution in [3.8, 4) is 17.2 Å². The van der Waals surface area contributed by atoms with Crippen LogP contribution >= 0.6 is 0 Å². The maximum atomic E-state index is 12.2. The number of nitrogens with one attached hydrogen (secondary N) is 1. The molecule has 152 valence electrons. The molecule has 0 amide bonds. The van der Waals surface area contributed by atoms with Gasteiger partial charge in [0.05, 0.1) is 13.7 Å². The maximum absolute atomic E-state index is 12.2. The van der Waals surface area contributed by atoms with Crippen molar-refractivity contribution >= 4 is 5.96 Å². The minimum atomic E-state index is -2.83. The Kier molecular flexibility index (Phi) is 7.86. The van der Waals surface area contributed by atoms with Crippen LogP contribution in [0.5, 0.6) is 17.2 Å². The minimum absolute atomic E-state index is 0.0691. The fraction of sp³-hybridized carbons (Fsp3) is 0.350. The van der Waals surface area contributed by atoms with Crippen LogP contribution < -0.4 is 14.8 Å². The van der Waals surface area contributed by atoms with Crippen LogP contribution in [0.3, 0.4) is 0 Å². The summed E-state index contributed by atoms with van der Waals surface area (Å²) in [5.41, 5.74) is 1.77. The summed E-state index contributed by atoms with van der Waals surface area (Å²) in [6.45, 7) is 0.746. The molecule has 0 saturated carbocycles. The van der Waals surface area contributed by atoms with Crippen molar-refractivity contribution in [1.29, 1.82) is 0 Å². The van der Waals surface area contributed by atoms with Gasteiger partial charge in [-0.2, -0.15) is 8.78 Å². The fourth-order valence-electron chi connectivity index (χ4n) is 2.59. The number of ether oxygens (including phenoxy) is 2. The Morgan fingerprint density at radius 1 is 1.18 bits per heavy atom. The zero-order chi connectivity index (χ0) is 20.5. The third-order valence-electron chi connectivity index (χ3n) is 3.92. The maximum Gasteiger partial charge on any atom is 0.387 e. The molecule has 6 nitrogen and oxygen atoms in total. The van der Waals surface area contributed by atoms with Gasteiger partial charge in [0.25, 0.3) is 0 Å². The van der Waals surface area contributed by atoms with E-state index in [1.807, 2.05) is 24.9 Å². The molecule has 0 bridgehead atoms. The van der Waals surface area contributed by atoms with Crippen LogP contribution in [0.4, 0.5) is 8.78 Å². The summed E-state index contributed by atoms with van der Waals surface area (Å²) in [6, 6.07) is 11.7. The van der Waals surface area contributed by atoms with Gasteiger partial charge in [0, 0.05) is 20.1 Å². The van der Waals surface area contributed by atoms with E-state index in [1.54, 1.807) is 24.3 Å². The molecule has 28 heavy (non-hydrogen) atoms. The van der Waals surface area contributed by atoms with Gasteiger partial charge in [-0.1, -0.05) is 18.2 Å². The lowest BCUT2D eigenvalue weighted by atomic mass is 10.2. The molecule has 0 spiro atoms. The Hall–Kier alpha value is -3.03. The Balaban J connectivity index is 2.05. The molecule has 0 aliphatic heterocycles. The predicted octanol–water partition coefficient (Wildman–Crippen LogP) is 3.60. The monoisotopic (exact) mass is 393 g/mol. The van der Waals surface area contributed by atoms with Crippen LogP contribution in [0.1, 0.15) is 18.1 Å². The number of aliphatic imine (C=N–C) groups is 1. The minimum Gasteiger partial charge on any atom is -0.504 e. The first-order valence-corrected chi connectivity index (χ1v) is 8.82. The summed E-state index contributed by atoms with van der Waals surface area (Å²) in [7, 11) is 3.38. The highest BCUT2D eigenvalue weighted by molar-refractivity contribution is 5.79. The van der Waals surface area contributed by atoms with Gasteiger partial charge in [-0.25, -0.2) is 4.99 Å². The molecule has 2 aromatic carbocycles. The number of methoxy groups -OCH3 is 1. The van der Waals surface area contributed by atoms with E-state index >= 15 is 0 Å². The lowest BCUT2D eigenvalue weighted by Gasteiger charge is -2.22. The number of alkyl halides is 2. The number of hydrogen-bond donors (Lipinski definition) is 2. The van der Waals surface area contributed by atoms with E-state index in [1.165, 1.54) is 19.2 Å². The number of hydrogen-bond acceptors (Lipinski definition) is 4. The Morgan fingerprint density at radius 2 is 1.86 bits per heavy atom. The quantitative estimate of drug-likeness (QED) is 0.530. The van der Waals surface area contributed by atoms with Gasteiger partial charge < -0.3 is 24.8 Å². The molecule has 8 heteroatoms. The summed E-state index contributed by atoms with van der Waals surface area (Å²) in [4.78, 5) is 6.52. The summed E-state index contributed by atoms with van der Waals surface area (Å²) in [5, 5.41) is 13.1. The van der Waals surface area contributed by atoms with Crippen molar-refractivity contribution in [2.45, 2.75) is 26.6 Å². The predicted molar refractivity (Wildman–Crippen MR) is 104 cm³/mol. The van der Waals surface area contributed by atoms with Gasteiger partial charge in [-0.3, -0.25) is 0 Å². The van der Waals surface area contributed by atoms with Crippen LogP contribution in [-0.2, 0) is 13.1 Å². The van der Waals surface area contributed by atoms with Gasteiger partial charge in [0.1, 0.15) is 5.75 Å². The zero-order valence-corrected chi connectivity index (χ0v) is 16.2. The molecule has 0 unspecified atom stereocenters. The Morgan fingerprint density at radius 3 is 2.43 bits per heavy atom. The van der Waals surface area contributed by atoms with Gasteiger partial charge >= 0.3 is 6.61 Å².